The van der Waals surface area contributed by atoms with E-state index >= 15 is 0 Å². The molecule has 0 aromatic rings. The van der Waals surface area contributed by atoms with Gasteiger partial charge in [0.05, 0.1) is 6.26 Å². The van der Waals surface area contributed by atoms with Crippen LogP contribution < -0.4 is 0 Å². The zero-order chi connectivity index (χ0) is 25.8. The molecular formula is C26H44N4O5. The summed E-state index contributed by atoms with van der Waals surface area (Å²) in [4.78, 5) is 33.0. The summed E-state index contributed by atoms with van der Waals surface area (Å²) in [7, 11) is 4.21. The standard InChI is InChI=1S/C26H44N4O5/c1-5-8-22(31)25(33)21(2)19-29-12-6-10-28(4)15-17-30(13-7-11-27(3)14-16-29)20-24-26(34)23(32)9-18-35-24/h5,8-9,18,24,26,33-34H,6-7,10-17,19-20H2,1-4H3/b8-5-,25-21-. The molecule has 1 fully saturated rings. The quantitative estimate of drug-likeness (QED) is 0.417. The fourth-order valence-electron chi connectivity index (χ4n) is 4.35. The van der Waals surface area contributed by atoms with Gasteiger partial charge in [-0.05, 0) is 78.6 Å². The number of rotatable bonds is 6. The van der Waals surface area contributed by atoms with Crippen LogP contribution >= 0.6 is 0 Å². The Hall–Kier alpha value is -2.04. The molecule has 0 bridgehead atoms. The van der Waals surface area contributed by atoms with Gasteiger partial charge in [-0.25, -0.2) is 0 Å². The van der Waals surface area contributed by atoms with Gasteiger partial charge < -0.3 is 24.7 Å². The van der Waals surface area contributed by atoms with Crippen molar-refractivity contribution in [2.75, 3.05) is 79.5 Å². The molecule has 2 rings (SSSR count). The van der Waals surface area contributed by atoms with E-state index in [0.717, 1.165) is 65.2 Å². The van der Waals surface area contributed by atoms with Gasteiger partial charge in [0.25, 0.3) is 0 Å². The third-order valence-electron chi connectivity index (χ3n) is 6.61. The Morgan fingerprint density at radius 3 is 2.26 bits per heavy atom. The predicted octanol–water partition coefficient (Wildman–Crippen LogP) is 1.07. The van der Waals surface area contributed by atoms with E-state index in [0.29, 0.717) is 18.7 Å². The molecule has 2 unspecified atom stereocenters. The van der Waals surface area contributed by atoms with Gasteiger partial charge in [0.2, 0.25) is 5.78 Å². The number of hydrogen-bond acceptors (Lipinski definition) is 9. The van der Waals surface area contributed by atoms with E-state index in [9.17, 15) is 19.8 Å². The van der Waals surface area contributed by atoms with Gasteiger partial charge in [0, 0.05) is 45.3 Å². The van der Waals surface area contributed by atoms with Gasteiger partial charge in [0.1, 0.15) is 6.10 Å². The lowest BCUT2D eigenvalue weighted by Crippen LogP contribution is -2.47. The number of nitrogens with zero attached hydrogens (tertiary/aromatic N) is 4. The molecule has 2 aliphatic heterocycles. The first-order valence-corrected chi connectivity index (χ1v) is 12.6. The summed E-state index contributed by atoms with van der Waals surface area (Å²) in [6.45, 7) is 11.7. The van der Waals surface area contributed by atoms with Crippen molar-refractivity contribution in [3.05, 3.63) is 35.8 Å². The van der Waals surface area contributed by atoms with Crippen molar-refractivity contribution in [3.8, 4) is 0 Å². The molecule has 2 heterocycles. The van der Waals surface area contributed by atoms with Crippen LogP contribution in [-0.4, -0.2) is 133 Å². The van der Waals surface area contributed by atoms with E-state index in [-0.39, 0.29) is 17.3 Å². The second-order valence-electron chi connectivity index (χ2n) is 9.71. The lowest BCUT2D eigenvalue weighted by atomic mass is 10.1. The van der Waals surface area contributed by atoms with Crippen LogP contribution in [0, 0.1) is 0 Å². The zero-order valence-electron chi connectivity index (χ0n) is 21.9. The van der Waals surface area contributed by atoms with Crippen molar-refractivity contribution < 1.29 is 24.5 Å². The lowest BCUT2D eigenvalue weighted by molar-refractivity contribution is -0.131. The smallest absolute Gasteiger partial charge is 0.219 e. The average molecular weight is 493 g/mol. The van der Waals surface area contributed by atoms with E-state index in [1.807, 2.05) is 6.92 Å². The van der Waals surface area contributed by atoms with Crippen LogP contribution in [0.15, 0.2) is 35.8 Å². The normalized spacial score (nSPS) is 26.4. The van der Waals surface area contributed by atoms with Gasteiger partial charge >= 0.3 is 0 Å². The molecule has 9 nitrogen and oxygen atoms in total. The first kappa shape index (κ1) is 29.2. The van der Waals surface area contributed by atoms with Crippen molar-refractivity contribution in [3.63, 3.8) is 0 Å². The van der Waals surface area contributed by atoms with Crippen molar-refractivity contribution in [1.82, 2.24) is 19.6 Å². The summed E-state index contributed by atoms with van der Waals surface area (Å²) < 4.78 is 5.54. The van der Waals surface area contributed by atoms with Gasteiger partial charge in [-0.2, -0.15) is 0 Å². The Morgan fingerprint density at radius 1 is 1.03 bits per heavy atom. The number of aliphatic hydroxyl groups is 2. The van der Waals surface area contributed by atoms with Gasteiger partial charge in [-0.1, -0.05) is 6.08 Å². The van der Waals surface area contributed by atoms with Gasteiger partial charge in [0.15, 0.2) is 17.6 Å². The van der Waals surface area contributed by atoms with Gasteiger partial charge in [-0.3, -0.25) is 19.4 Å². The first-order valence-electron chi connectivity index (χ1n) is 12.6. The highest BCUT2D eigenvalue weighted by Gasteiger charge is 2.30. The number of hydrogen-bond donors (Lipinski definition) is 2. The fraction of sp³-hybridized carbons (Fsp3) is 0.692. The maximum Gasteiger partial charge on any atom is 0.219 e. The van der Waals surface area contributed by atoms with Gasteiger partial charge in [-0.15, -0.1) is 0 Å². The molecule has 0 saturated carbocycles. The topological polar surface area (TPSA) is 96.8 Å². The maximum atomic E-state index is 12.0. The van der Waals surface area contributed by atoms with E-state index < -0.39 is 12.2 Å². The fourth-order valence-corrected chi connectivity index (χ4v) is 4.35. The molecule has 0 aromatic carbocycles. The van der Waals surface area contributed by atoms with E-state index in [1.54, 1.807) is 13.0 Å². The predicted molar refractivity (Wildman–Crippen MR) is 137 cm³/mol. The number of likely N-dealkylation sites (N-methyl/N-ethyl adjacent to an activating group) is 2. The van der Waals surface area contributed by atoms with Crippen molar-refractivity contribution in [1.29, 1.82) is 0 Å². The second-order valence-corrected chi connectivity index (χ2v) is 9.71. The third kappa shape index (κ3) is 10.2. The molecular weight excluding hydrogens is 448 g/mol. The number of ketones is 2. The van der Waals surface area contributed by atoms with E-state index in [2.05, 4.69) is 33.7 Å². The Morgan fingerprint density at radius 2 is 1.63 bits per heavy atom. The monoisotopic (exact) mass is 492 g/mol. The Labute approximate surface area is 210 Å². The summed E-state index contributed by atoms with van der Waals surface area (Å²) in [5.74, 6) is -0.799. The summed E-state index contributed by atoms with van der Waals surface area (Å²) in [5, 5.41) is 20.5. The Kier molecular flexibility index (Phi) is 12.6. The molecule has 2 aliphatic rings. The molecule has 35 heavy (non-hydrogen) atoms. The van der Waals surface area contributed by atoms with Crippen LogP contribution in [-0.2, 0) is 14.3 Å². The molecule has 0 radical (unpaired) electrons. The van der Waals surface area contributed by atoms with Crippen LogP contribution in [0.3, 0.4) is 0 Å². The summed E-state index contributed by atoms with van der Waals surface area (Å²) in [5.41, 5.74) is 0.696. The summed E-state index contributed by atoms with van der Waals surface area (Å²) in [6, 6.07) is 0. The van der Waals surface area contributed by atoms with Crippen LogP contribution in [0.25, 0.3) is 0 Å². The third-order valence-corrected chi connectivity index (χ3v) is 6.61. The average Bonchev–Trinajstić information content (AvgIpc) is 2.82. The highest BCUT2D eigenvalue weighted by atomic mass is 16.5. The van der Waals surface area contributed by atoms with Crippen LogP contribution in [0.1, 0.15) is 26.7 Å². The number of carbonyl (C=O) groups excluding carboxylic acids is 2. The number of aliphatic hydroxyl groups excluding tert-OH is 2. The highest BCUT2D eigenvalue weighted by Crippen LogP contribution is 2.12. The van der Waals surface area contributed by atoms with Crippen LogP contribution in [0.2, 0.25) is 0 Å². The van der Waals surface area contributed by atoms with Crippen molar-refractivity contribution >= 4 is 11.6 Å². The summed E-state index contributed by atoms with van der Waals surface area (Å²) in [6.07, 6.45) is 6.01. The molecule has 0 amide bonds. The molecule has 2 N–H and O–H groups in total. The molecule has 9 heteroatoms. The minimum absolute atomic E-state index is 0.155. The molecule has 0 aromatic heterocycles. The Balaban J connectivity index is 1.97. The minimum atomic E-state index is -1.11. The van der Waals surface area contributed by atoms with Crippen LogP contribution in [0.4, 0.5) is 0 Å². The summed E-state index contributed by atoms with van der Waals surface area (Å²) >= 11 is 0. The van der Waals surface area contributed by atoms with E-state index in [4.69, 9.17) is 4.74 Å². The second kappa shape index (κ2) is 15.2. The van der Waals surface area contributed by atoms with Crippen molar-refractivity contribution in [2.45, 2.75) is 38.9 Å². The molecule has 1 saturated heterocycles. The first-order chi connectivity index (χ1) is 16.7. The van der Waals surface area contributed by atoms with Crippen molar-refractivity contribution in [2.24, 2.45) is 0 Å². The molecule has 198 valence electrons. The Bertz CT molecular complexity index is 782. The largest absolute Gasteiger partial charge is 0.504 e. The molecule has 0 spiro atoms. The highest BCUT2D eigenvalue weighted by molar-refractivity contribution is 6.02. The van der Waals surface area contributed by atoms with E-state index in [1.165, 1.54) is 18.4 Å². The number of carbonyl (C=O) groups is 2. The molecule has 0 aliphatic carbocycles. The number of ether oxygens (including phenoxy) is 1. The zero-order valence-corrected chi connectivity index (χ0v) is 21.9. The SMILES string of the molecule is C/C=C\C(=O)/C(O)=C(\C)CN1CCCN(C)CCN(CC2OC=CC(=O)C2O)CCCN(C)CC1. The lowest BCUT2D eigenvalue weighted by Gasteiger charge is -2.33. The minimum Gasteiger partial charge on any atom is -0.504 e. The van der Waals surface area contributed by atoms with Crippen LogP contribution in [0.5, 0.6) is 0 Å². The molecule has 2 atom stereocenters. The number of allylic oxidation sites excluding steroid dienone is 2. The maximum absolute atomic E-state index is 12.0.